The van der Waals surface area contributed by atoms with Crippen molar-refractivity contribution in [3.63, 3.8) is 0 Å². The molecule has 0 aliphatic heterocycles. The molecule has 0 spiro atoms. The van der Waals surface area contributed by atoms with Gasteiger partial charge in [-0.25, -0.2) is 0 Å². The van der Waals surface area contributed by atoms with Crippen molar-refractivity contribution in [1.29, 1.82) is 0 Å². The van der Waals surface area contributed by atoms with Gasteiger partial charge in [0, 0.05) is 5.56 Å². The van der Waals surface area contributed by atoms with Gasteiger partial charge in [-0.1, -0.05) is 12.7 Å². The van der Waals surface area contributed by atoms with Crippen molar-refractivity contribution in [2.75, 3.05) is 20.8 Å². The van der Waals surface area contributed by atoms with Crippen molar-refractivity contribution >= 4 is 6.08 Å². The van der Waals surface area contributed by atoms with Crippen molar-refractivity contribution in [3.05, 3.63) is 29.8 Å². The lowest BCUT2D eigenvalue weighted by molar-refractivity contribution is 0.385. The van der Waals surface area contributed by atoms with Crippen LogP contribution < -0.4 is 15.2 Å². The summed E-state index contributed by atoms with van der Waals surface area (Å²) in [5.41, 5.74) is 7.53. The summed E-state index contributed by atoms with van der Waals surface area (Å²) < 4.78 is 10.6. The van der Waals surface area contributed by atoms with E-state index in [-0.39, 0.29) is 0 Å². The van der Waals surface area contributed by atoms with E-state index in [2.05, 4.69) is 6.58 Å². The van der Waals surface area contributed by atoms with Gasteiger partial charge >= 0.3 is 0 Å². The van der Waals surface area contributed by atoms with Crippen LogP contribution in [0.2, 0.25) is 0 Å². The Labute approximate surface area is 90.5 Å². The first kappa shape index (κ1) is 11.6. The Bertz CT molecular complexity index is 322. The molecule has 0 saturated heterocycles. The van der Waals surface area contributed by atoms with E-state index in [9.17, 15) is 0 Å². The minimum absolute atomic E-state index is 0.570. The second-order valence-corrected chi connectivity index (χ2v) is 3.15. The molecule has 0 saturated carbocycles. The van der Waals surface area contributed by atoms with E-state index in [4.69, 9.17) is 15.2 Å². The van der Waals surface area contributed by atoms with E-state index >= 15 is 0 Å². The lowest BCUT2D eigenvalue weighted by Gasteiger charge is -2.13. The SMILES string of the molecule is C=Cc1cc(OC)c(CCN)c(OC)c1. The number of methoxy groups -OCH3 is 2. The highest BCUT2D eigenvalue weighted by molar-refractivity contribution is 5.58. The van der Waals surface area contributed by atoms with E-state index in [1.807, 2.05) is 12.1 Å². The Morgan fingerprint density at radius 1 is 1.27 bits per heavy atom. The first-order valence-electron chi connectivity index (χ1n) is 4.84. The normalized spacial score (nSPS) is 9.80. The van der Waals surface area contributed by atoms with Gasteiger partial charge in [-0.3, -0.25) is 0 Å². The van der Waals surface area contributed by atoms with Crippen LogP contribution in [0.3, 0.4) is 0 Å². The van der Waals surface area contributed by atoms with E-state index in [1.54, 1.807) is 20.3 Å². The molecule has 82 valence electrons. The summed E-state index contributed by atoms with van der Waals surface area (Å²) in [6.45, 7) is 4.29. The molecule has 0 amide bonds. The van der Waals surface area contributed by atoms with Gasteiger partial charge in [0.25, 0.3) is 0 Å². The molecule has 0 bridgehead atoms. The molecule has 0 aliphatic rings. The molecule has 0 aliphatic carbocycles. The Morgan fingerprint density at radius 2 is 1.80 bits per heavy atom. The summed E-state index contributed by atoms with van der Waals surface area (Å²) in [7, 11) is 3.28. The van der Waals surface area contributed by atoms with Crippen molar-refractivity contribution in [3.8, 4) is 11.5 Å². The maximum Gasteiger partial charge on any atom is 0.126 e. The second-order valence-electron chi connectivity index (χ2n) is 3.15. The first-order valence-corrected chi connectivity index (χ1v) is 4.84. The quantitative estimate of drug-likeness (QED) is 0.801. The third-order valence-electron chi connectivity index (χ3n) is 2.26. The molecule has 0 atom stereocenters. The second kappa shape index (κ2) is 5.41. The summed E-state index contributed by atoms with van der Waals surface area (Å²) in [5, 5.41) is 0. The van der Waals surface area contributed by atoms with Gasteiger partial charge in [-0.05, 0) is 30.7 Å². The van der Waals surface area contributed by atoms with Gasteiger partial charge in [0.2, 0.25) is 0 Å². The van der Waals surface area contributed by atoms with Crippen LogP contribution in [0.25, 0.3) is 6.08 Å². The van der Waals surface area contributed by atoms with Crippen molar-refractivity contribution in [2.45, 2.75) is 6.42 Å². The minimum atomic E-state index is 0.570. The van der Waals surface area contributed by atoms with E-state index < -0.39 is 0 Å². The number of hydrogen-bond donors (Lipinski definition) is 1. The monoisotopic (exact) mass is 207 g/mol. The molecule has 0 radical (unpaired) electrons. The van der Waals surface area contributed by atoms with Crippen LogP contribution in [0, 0.1) is 0 Å². The molecule has 3 heteroatoms. The topological polar surface area (TPSA) is 44.5 Å². The zero-order valence-corrected chi connectivity index (χ0v) is 9.25. The Kier molecular flexibility index (Phi) is 4.18. The third kappa shape index (κ3) is 2.50. The first-order chi connectivity index (χ1) is 7.26. The van der Waals surface area contributed by atoms with Gasteiger partial charge < -0.3 is 15.2 Å². The number of benzene rings is 1. The van der Waals surface area contributed by atoms with Gasteiger partial charge in [0.1, 0.15) is 11.5 Å². The number of nitrogens with two attached hydrogens (primary N) is 1. The number of rotatable bonds is 5. The fraction of sp³-hybridized carbons (Fsp3) is 0.333. The van der Waals surface area contributed by atoms with Crippen LogP contribution >= 0.6 is 0 Å². The molecule has 0 aromatic heterocycles. The standard InChI is InChI=1S/C12H17NO2/c1-4-9-7-11(14-2)10(5-6-13)12(8-9)15-3/h4,7-8H,1,5-6,13H2,2-3H3. The number of hydrogen-bond acceptors (Lipinski definition) is 3. The van der Waals surface area contributed by atoms with Gasteiger partial charge in [0.15, 0.2) is 0 Å². The summed E-state index contributed by atoms with van der Waals surface area (Å²) in [6.07, 6.45) is 2.50. The predicted molar refractivity (Wildman–Crippen MR) is 62.4 cm³/mol. The zero-order valence-electron chi connectivity index (χ0n) is 9.25. The highest BCUT2D eigenvalue weighted by Crippen LogP contribution is 2.31. The van der Waals surface area contributed by atoms with E-state index in [0.29, 0.717) is 6.54 Å². The molecule has 0 fully saturated rings. The molecule has 2 N–H and O–H groups in total. The molecular formula is C12H17NO2. The Morgan fingerprint density at radius 3 is 2.13 bits per heavy atom. The van der Waals surface area contributed by atoms with Crippen LogP contribution in [0.15, 0.2) is 18.7 Å². The van der Waals surface area contributed by atoms with Gasteiger partial charge in [-0.15, -0.1) is 0 Å². The maximum atomic E-state index is 5.55. The summed E-state index contributed by atoms with van der Waals surface area (Å²) in [4.78, 5) is 0. The lowest BCUT2D eigenvalue weighted by atomic mass is 10.1. The third-order valence-corrected chi connectivity index (χ3v) is 2.26. The minimum Gasteiger partial charge on any atom is -0.496 e. The van der Waals surface area contributed by atoms with Crippen LogP contribution in [0.1, 0.15) is 11.1 Å². The fourth-order valence-corrected chi connectivity index (χ4v) is 1.51. The van der Waals surface area contributed by atoms with Crippen LogP contribution in [-0.4, -0.2) is 20.8 Å². The largest absolute Gasteiger partial charge is 0.496 e. The van der Waals surface area contributed by atoms with Crippen molar-refractivity contribution < 1.29 is 9.47 Å². The van der Waals surface area contributed by atoms with Crippen LogP contribution in [0.4, 0.5) is 0 Å². The Hall–Kier alpha value is -1.48. The summed E-state index contributed by atoms with van der Waals surface area (Å²) in [6, 6.07) is 3.86. The molecule has 1 aromatic carbocycles. The Balaban J connectivity index is 3.25. The van der Waals surface area contributed by atoms with Crippen molar-refractivity contribution in [2.24, 2.45) is 5.73 Å². The van der Waals surface area contributed by atoms with E-state index in [1.165, 1.54) is 0 Å². The molecular weight excluding hydrogens is 190 g/mol. The van der Waals surface area contributed by atoms with Crippen molar-refractivity contribution in [1.82, 2.24) is 0 Å². The van der Waals surface area contributed by atoms with Gasteiger partial charge in [-0.2, -0.15) is 0 Å². The predicted octanol–water partition coefficient (Wildman–Crippen LogP) is 1.85. The smallest absolute Gasteiger partial charge is 0.126 e. The highest BCUT2D eigenvalue weighted by Gasteiger charge is 2.10. The highest BCUT2D eigenvalue weighted by atomic mass is 16.5. The fourth-order valence-electron chi connectivity index (χ4n) is 1.51. The molecule has 0 heterocycles. The molecule has 15 heavy (non-hydrogen) atoms. The maximum absolute atomic E-state index is 5.55. The molecule has 1 aromatic rings. The number of ether oxygens (including phenoxy) is 2. The summed E-state index contributed by atoms with van der Waals surface area (Å²) >= 11 is 0. The molecule has 1 rings (SSSR count). The lowest BCUT2D eigenvalue weighted by Crippen LogP contribution is -2.06. The van der Waals surface area contributed by atoms with E-state index in [0.717, 1.165) is 29.0 Å². The van der Waals surface area contributed by atoms with Gasteiger partial charge in [0.05, 0.1) is 14.2 Å². The van der Waals surface area contributed by atoms with Crippen LogP contribution in [0.5, 0.6) is 11.5 Å². The molecule has 0 unspecified atom stereocenters. The summed E-state index contributed by atoms with van der Waals surface area (Å²) in [5.74, 6) is 1.60. The average Bonchev–Trinajstić information content (AvgIpc) is 2.29. The van der Waals surface area contributed by atoms with Crippen LogP contribution in [-0.2, 0) is 6.42 Å². The molecule has 3 nitrogen and oxygen atoms in total. The zero-order chi connectivity index (χ0) is 11.3. The average molecular weight is 207 g/mol.